The van der Waals surface area contributed by atoms with E-state index < -0.39 is 16.1 Å². The number of methoxy groups -OCH3 is 1. The number of hydrogen-bond donors (Lipinski definition) is 2. The van der Waals surface area contributed by atoms with Gasteiger partial charge in [0.15, 0.2) is 0 Å². The van der Waals surface area contributed by atoms with E-state index in [1.807, 2.05) is 13.8 Å². The Morgan fingerprint density at radius 1 is 1.27 bits per heavy atom. The van der Waals surface area contributed by atoms with Crippen molar-refractivity contribution in [2.24, 2.45) is 0 Å². The molecule has 0 spiro atoms. The van der Waals surface area contributed by atoms with E-state index in [0.717, 1.165) is 12.7 Å². The normalized spacial score (nSPS) is 14.2. The lowest BCUT2D eigenvalue weighted by Gasteiger charge is -2.19. The number of ether oxygens (including phenoxy) is 1. The number of hydrogen-bond acceptors (Lipinski definition) is 4. The standard InChI is InChI=1S/C15H24N2O4S/c1-5-11(2)16-15(18)10-14(17-22(4,19)20)12-6-8-13(21-3)9-7-12/h6-9,11,14,17H,5,10H2,1-4H3,(H,16,18)/t11-,14-/m0/s1. The second-order valence-electron chi connectivity index (χ2n) is 5.30. The van der Waals surface area contributed by atoms with Gasteiger partial charge in [-0.25, -0.2) is 13.1 Å². The summed E-state index contributed by atoms with van der Waals surface area (Å²) in [5.41, 5.74) is 0.713. The van der Waals surface area contributed by atoms with Crippen molar-refractivity contribution in [2.45, 2.75) is 38.8 Å². The van der Waals surface area contributed by atoms with Crippen LogP contribution in [0.15, 0.2) is 24.3 Å². The van der Waals surface area contributed by atoms with E-state index in [4.69, 9.17) is 4.74 Å². The van der Waals surface area contributed by atoms with E-state index in [9.17, 15) is 13.2 Å². The van der Waals surface area contributed by atoms with Crippen molar-refractivity contribution in [3.8, 4) is 5.75 Å². The van der Waals surface area contributed by atoms with Gasteiger partial charge in [0.2, 0.25) is 15.9 Å². The van der Waals surface area contributed by atoms with Crippen LogP contribution in [0.1, 0.15) is 38.3 Å². The number of nitrogens with one attached hydrogen (secondary N) is 2. The van der Waals surface area contributed by atoms with Crippen molar-refractivity contribution < 1.29 is 17.9 Å². The minimum absolute atomic E-state index is 0.0454. The minimum Gasteiger partial charge on any atom is -0.497 e. The summed E-state index contributed by atoms with van der Waals surface area (Å²) in [5.74, 6) is 0.484. The number of carbonyl (C=O) groups is 1. The highest BCUT2D eigenvalue weighted by Gasteiger charge is 2.20. The van der Waals surface area contributed by atoms with Gasteiger partial charge in [0, 0.05) is 12.5 Å². The summed E-state index contributed by atoms with van der Waals surface area (Å²) < 4.78 is 30.6. The molecule has 0 heterocycles. The van der Waals surface area contributed by atoms with Gasteiger partial charge in [-0.3, -0.25) is 4.79 Å². The SMILES string of the molecule is CC[C@H](C)NC(=O)C[C@H](NS(C)(=O)=O)c1ccc(OC)cc1. The van der Waals surface area contributed by atoms with Crippen LogP contribution in [0.5, 0.6) is 5.75 Å². The van der Waals surface area contributed by atoms with Crippen LogP contribution in [0.4, 0.5) is 0 Å². The number of carbonyl (C=O) groups excluding carboxylic acids is 1. The average molecular weight is 328 g/mol. The molecular weight excluding hydrogens is 304 g/mol. The summed E-state index contributed by atoms with van der Waals surface area (Å²) in [7, 11) is -1.87. The van der Waals surface area contributed by atoms with Crippen molar-refractivity contribution in [1.29, 1.82) is 0 Å². The zero-order chi connectivity index (χ0) is 16.8. The third-order valence-corrected chi connectivity index (χ3v) is 4.00. The second kappa shape index (κ2) is 8.14. The third-order valence-electron chi connectivity index (χ3n) is 3.28. The molecule has 22 heavy (non-hydrogen) atoms. The van der Waals surface area contributed by atoms with Crippen LogP contribution >= 0.6 is 0 Å². The molecule has 1 rings (SSSR count). The molecule has 1 amide bonds. The fraction of sp³-hybridized carbons (Fsp3) is 0.533. The van der Waals surface area contributed by atoms with Crippen LogP contribution in [-0.4, -0.2) is 33.7 Å². The molecule has 124 valence electrons. The lowest BCUT2D eigenvalue weighted by atomic mass is 10.0. The highest BCUT2D eigenvalue weighted by Crippen LogP contribution is 2.21. The fourth-order valence-electron chi connectivity index (χ4n) is 1.94. The summed E-state index contributed by atoms with van der Waals surface area (Å²) in [6.07, 6.45) is 1.94. The Bertz CT molecular complexity index is 584. The van der Waals surface area contributed by atoms with Gasteiger partial charge in [0.25, 0.3) is 0 Å². The maximum Gasteiger partial charge on any atom is 0.222 e. The average Bonchev–Trinajstić information content (AvgIpc) is 2.45. The predicted molar refractivity (Wildman–Crippen MR) is 86.2 cm³/mol. The van der Waals surface area contributed by atoms with Crippen LogP contribution in [0.3, 0.4) is 0 Å². The topological polar surface area (TPSA) is 84.5 Å². The Morgan fingerprint density at radius 2 is 1.86 bits per heavy atom. The molecule has 0 aliphatic carbocycles. The van der Waals surface area contributed by atoms with Gasteiger partial charge in [-0.1, -0.05) is 19.1 Å². The molecule has 0 bridgehead atoms. The van der Waals surface area contributed by atoms with Gasteiger partial charge in [0.1, 0.15) is 5.75 Å². The predicted octanol–water partition coefficient (Wildman–Crippen LogP) is 1.59. The van der Waals surface area contributed by atoms with Gasteiger partial charge in [-0.05, 0) is 31.0 Å². The number of amides is 1. The van der Waals surface area contributed by atoms with E-state index in [1.54, 1.807) is 31.4 Å². The Morgan fingerprint density at radius 3 is 2.32 bits per heavy atom. The first-order valence-corrected chi connectivity index (χ1v) is 9.05. The highest BCUT2D eigenvalue weighted by atomic mass is 32.2. The Kier molecular flexibility index (Phi) is 6.83. The Balaban J connectivity index is 2.90. The first-order valence-electron chi connectivity index (χ1n) is 7.15. The zero-order valence-corrected chi connectivity index (χ0v) is 14.2. The summed E-state index contributed by atoms with van der Waals surface area (Å²) in [6, 6.07) is 6.42. The van der Waals surface area contributed by atoms with Gasteiger partial charge >= 0.3 is 0 Å². The molecule has 1 aromatic carbocycles. The number of rotatable bonds is 8. The maximum absolute atomic E-state index is 12.0. The fourth-order valence-corrected chi connectivity index (χ4v) is 2.68. The molecule has 7 heteroatoms. The monoisotopic (exact) mass is 328 g/mol. The van der Waals surface area contributed by atoms with Crippen molar-refractivity contribution in [3.05, 3.63) is 29.8 Å². The molecule has 0 aliphatic rings. The molecule has 0 aliphatic heterocycles. The van der Waals surface area contributed by atoms with E-state index in [-0.39, 0.29) is 18.4 Å². The van der Waals surface area contributed by atoms with Crippen LogP contribution in [0, 0.1) is 0 Å². The summed E-state index contributed by atoms with van der Waals surface area (Å²) in [4.78, 5) is 12.0. The molecular formula is C15H24N2O4S. The molecule has 0 aromatic heterocycles. The summed E-state index contributed by atoms with van der Waals surface area (Å²) >= 11 is 0. The maximum atomic E-state index is 12.0. The van der Waals surface area contributed by atoms with Gasteiger partial charge in [-0.2, -0.15) is 0 Å². The molecule has 6 nitrogen and oxygen atoms in total. The molecule has 0 fully saturated rings. The van der Waals surface area contributed by atoms with Gasteiger partial charge in [-0.15, -0.1) is 0 Å². The van der Waals surface area contributed by atoms with Gasteiger partial charge < -0.3 is 10.1 Å². The van der Waals surface area contributed by atoms with E-state index >= 15 is 0 Å². The lowest BCUT2D eigenvalue weighted by molar-refractivity contribution is -0.122. The molecule has 2 atom stereocenters. The first-order chi connectivity index (χ1) is 10.2. The number of sulfonamides is 1. The van der Waals surface area contributed by atoms with Crippen molar-refractivity contribution >= 4 is 15.9 Å². The van der Waals surface area contributed by atoms with Crippen molar-refractivity contribution in [2.75, 3.05) is 13.4 Å². The van der Waals surface area contributed by atoms with E-state index in [1.165, 1.54) is 0 Å². The first kappa shape index (κ1) is 18.4. The van der Waals surface area contributed by atoms with Crippen LogP contribution in [-0.2, 0) is 14.8 Å². The van der Waals surface area contributed by atoms with Crippen LogP contribution in [0.2, 0.25) is 0 Å². The van der Waals surface area contributed by atoms with Crippen molar-refractivity contribution in [3.63, 3.8) is 0 Å². The van der Waals surface area contributed by atoms with E-state index in [0.29, 0.717) is 11.3 Å². The highest BCUT2D eigenvalue weighted by molar-refractivity contribution is 7.88. The van der Waals surface area contributed by atoms with Gasteiger partial charge in [0.05, 0.1) is 19.4 Å². The van der Waals surface area contributed by atoms with Crippen LogP contribution in [0.25, 0.3) is 0 Å². The Labute approximate surface area is 132 Å². The molecule has 1 aromatic rings. The largest absolute Gasteiger partial charge is 0.497 e. The smallest absolute Gasteiger partial charge is 0.222 e. The molecule has 2 N–H and O–H groups in total. The Hall–Kier alpha value is -1.60. The quantitative estimate of drug-likeness (QED) is 0.759. The summed E-state index contributed by atoms with van der Waals surface area (Å²) in [5, 5.41) is 2.84. The molecule has 0 unspecified atom stereocenters. The molecule has 0 saturated heterocycles. The summed E-state index contributed by atoms with van der Waals surface area (Å²) in [6.45, 7) is 3.88. The molecule has 0 saturated carbocycles. The molecule has 0 radical (unpaired) electrons. The van der Waals surface area contributed by atoms with Crippen molar-refractivity contribution in [1.82, 2.24) is 10.0 Å². The van der Waals surface area contributed by atoms with E-state index in [2.05, 4.69) is 10.0 Å². The zero-order valence-electron chi connectivity index (χ0n) is 13.4. The second-order valence-corrected chi connectivity index (χ2v) is 7.08. The third kappa shape index (κ3) is 6.44. The lowest BCUT2D eigenvalue weighted by Crippen LogP contribution is -2.36. The number of benzene rings is 1. The minimum atomic E-state index is -3.43. The van der Waals surface area contributed by atoms with Crippen LogP contribution < -0.4 is 14.8 Å².